The molecule has 2 aromatic rings. The molecule has 1 saturated heterocycles. The van der Waals surface area contributed by atoms with Crippen LogP contribution >= 0.6 is 11.8 Å². The Morgan fingerprint density at radius 2 is 1.71 bits per heavy atom. The van der Waals surface area contributed by atoms with Crippen LogP contribution in [0.3, 0.4) is 0 Å². The van der Waals surface area contributed by atoms with Gasteiger partial charge in [-0.25, -0.2) is 9.97 Å². The summed E-state index contributed by atoms with van der Waals surface area (Å²) < 4.78 is 0. The molecule has 0 radical (unpaired) electrons. The van der Waals surface area contributed by atoms with Crippen molar-refractivity contribution in [2.24, 2.45) is 0 Å². The lowest BCUT2D eigenvalue weighted by Crippen LogP contribution is -2.26. The zero-order valence-corrected chi connectivity index (χ0v) is 15.1. The molecule has 124 valence electrons. The van der Waals surface area contributed by atoms with Crippen LogP contribution in [0.4, 0.5) is 5.82 Å². The zero-order valence-electron chi connectivity index (χ0n) is 14.2. The van der Waals surface area contributed by atoms with Gasteiger partial charge in [0.2, 0.25) is 0 Å². The number of aryl methyl sites for hydroxylation is 1. The van der Waals surface area contributed by atoms with Crippen molar-refractivity contribution in [3.8, 4) is 17.3 Å². The van der Waals surface area contributed by atoms with Crippen LogP contribution in [0.2, 0.25) is 0 Å². The van der Waals surface area contributed by atoms with E-state index in [1.54, 1.807) is 0 Å². The summed E-state index contributed by atoms with van der Waals surface area (Å²) in [7, 11) is 0. The normalized spacial score (nSPS) is 15.0. The topological polar surface area (TPSA) is 52.8 Å². The third-order valence-corrected chi connectivity index (χ3v) is 4.94. The largest absolute Gasteiger partial charge is 0.355 e. The fourth-order valence-corrected chi connectivity index (χ4v) is 3.42. The number of hydrogen-bond acceptors (Lipinski definition) is 5. The molecule has 5 heteroatoms. The number of nitrogens with zero attached hydrogens (tertiary/aromatic N) is 4. The van der Waals surface area contributed by atoms with Crippen molar-refractivity contribution in [3.63, 3.8) is 0 Å². The van der Waals surface area contributed by atoms with Gasteiger partial charge in [0.1, 0.15) is 11.6 Å². The number of hydrogen-bond donors (Lipinski definition) is 0. The summed E-state index contributed by atoms with van der Waals surface area (Å²) in [5.41, 5.74) is 3.52. The minimum atomic E-state index is 0.596. The molecule has 4 nitrogen and oxygen atoms in total. The van der Waals surface area contributed by atoms with Gasteiger partial charge < -0.3 is 4.90 Å². The van der Waals surface area contributed by atoms with Crippen LogP contribution in [0.25, 0.3) is 11.3 Å². The van der Waals surface area contributed by atoms with Crippen LogP contribution in [0.1, 0.15) is 36.8 Å². The number of nitriles is 1. The van der Waals surface area contributed by atoms with Gasteiger partial charge in [-0.15, -0.1) is 0 Å². The Kier molecular flexibility index (Phi) is 5.37. The van der Waals surface area contributed by atoms with E-state index in [2.05, 4.69) is 40.0 Å². The molecular formula is C19H22N4S. The lowest BCUT2D eigenvalue weighted by atomic mass is 10.1. The van der Waals surface area contributed by atoms with Crippen molar-refractivity contribution >= 4 is 17.6 Å². The summed E-state index contributed by atoms with van der Waals surface area (Å²) in [6, 6.07) is 10.6. The molecule has 0 spiro atoms. The molecule has 1 aromatic heterocycles. The average molecular weight is 338 g/mol. The predicted molar refractivity (Wildman–Crippen MR) is 99.4 cm³/mol. The molecule has 0 atom stereocenters. The number of aromatic nitrogens is 2. The van der Waals surface area contributed by atoms with E-state index in [-0.39, 0.29) is 0 Å². The molecule has 1 aliphatic rings. The van der Waals surface area contributed by atoms with Gasteiger partial charge in [0, 0.05) is 18.7 Å². The highest BCUT2D eigenvalue weighted by Gasteiger charge is 2.21. The van der Waals surface area contributed by atoms with E-state index in [0.717, 1.165) is 48.2 Å². The number of rotatable bonds is 3. The van der Waals surface area contributed by atoms with Crippen molar-refractivity contribution in [3.05, 3.63) is 35.4 Å². The van der Waals surface area contributed by atoms with E-state index in [0.29, 0.717) is 5.56 Å². The van der Waals surface area contributed by atoms with E-state index >= 15 is 0 Å². The minimum absolute atomic E-state index is 0.596. The first-order valence-electron chi connectivity index (χ1n) is 8.41. The second-order valence-electron chi connectivity index (χ2n) is 6.14. The van der Waals surface area contributed by atoms with Crippen molar-refractivity contribution in [1.82, 2.24) is 9.97 Å². The standard InChI is InChI=1S/C19H22N4S/c1-14-7-9-15(10-8-14)17-16(13-20)18(22-19(21-17)24-2)23-11-5-3-4-6-12-23/h7-10H,3-6,11-12H2,1-2H3. The minimum Gasteiger partial charge on any atom is -0.355 e. The first-order valence-corrected chi connectivity index (χ1v) is 9.63. The SMILES string of the molecule is CSc1nc(-c2ccc(C)cc2)c(C#N)c(N2CCCCCC2)n1. The van der Waals surface area contributed by atoms with Gasteiger partial charge in [0.15, 0.2) is 11.0 Å². The molecule has 0 bridgehead atoms. The number of thioether (sulfide) groups is 1. The van der Waals surface area contributed by atoms with Gasteiger partial charge in [-0.2, -0.15) is 5.26 Å². The molecule has 1 fully saturated rings. The predicted octanol–water partition coefficient (Wildman–Crippen LogP) is 4.43. The summed E-state index contributed by atoms with van der Waals surface area (Å²) >= 11 is 1.53. The molecule has 0 N–H and O–H groups in total. The Morgan fingerprint density at radius 3 is 2.29 bits per heavy atom. The molecule has 2 heterocycles. The van der Waals surface area contributed by atoms with E-state index in [1.807, 2.05) is 18.4 Å². The van der Waals surface area contributed by atoms with Crippen LogP contribution in [0.15, 0.2) is 29.4 Å². The molecule has 0 aliphatic carbocycles. The van der Waals surface area contributed by atoms with Crippen LogP contribution in [-0.4, -0.2) is 29.3 Å². The molecular weight excluding hydrogens is 316 g/mol. The Bertz CT molecular complexity index is 741. The van der Waals surface area contributed by atoms with E-state index in [9.17, 15) is 5.26 Å². The molecule has 24 heavy (non-hydrogen) atoms. The molecule has 0 amide bonds. The highest BCUT2D eigenvalue weighted by molar-refractivity contribution is 7.98. The molecule has 3 rings (SSSR count). The summed E-state index contributed by atoms with van der Waals surface area (Å²) in [4.78, 5) is 11.6. The van der Waals surface area contributed by atoms with Crippen LogP contribution in [0, 0.1) is 18.3 Å². The summed E-state index contributed by atoms with van der Waals surface area (Å²) in [5, 5.41) is 10.5. The average Bonchev–Trinajstić information content (AvgIpc) is 2.90. The maximum atomic E-state index is 9.82. The third kappa shape index (κ3) is 3.54. The molecule has 1 aromatic carbocycles. The monoisotopic (exact) mass is 338 g/mol. The van der Waals surface area contributed by atoms with Crippen molar-refractivity contribution in [2.75, 3.05) is 24.2 Å². The smallest absolute Gasteiger partial charge is 0.189 e. The van der Waals surface area contributed by atoms with Crippen LogP contribution in [-0.2, 0) is 0 Å². The maximum absolute atomic E-state index is 9.82. The Morgan fingerprint density at radius 1 is 1.04 bits per heavy atom. The van der Waals surface area contributed by atoms with Gasteiger partial charge in [-0.3, -0.25) is 0 Å². The fourth-order valence-electron chi connectivity index (χ4n) is 3.05. The van der Waals surface area contributed by atoms with Gasteiger partial charge in [-0.1, -0.05) is 54.4 Å². The fraction of sp³-hybridized carbons (Fsp3) is 0.421. The molecule has 1 aliphatic heterocycles. The van der Waals surface area contributed by atoms with Gasteiger partial charge >= 0.3 is 0 Å². The highest BCUT2D eigenvalue weighted by Crippen LogP contribution is 2.31. The van der Waals surface area contributed by atoms with Crippen molar-refractivity contribution < 1.29 is 0 Å². The Labute approximate surface area is 147 Å². The highest BCUT2D eigenvalue weighted by atomic mass is 32.2. The third-order valence-electron chi connectivity index (χ3n) is 4.39. The Hall–Kier alpha value is -2.06. The summed E-state index contributed by atoms with van der Waals surface area (Å²) in [6.45, 7) is 3.99. The van der Waals surface area contributed by atoms with E-state index in [4.69, 9.17) is 0 Å². The maximum Gasteiger partial charge on any atom is 0.189 e. The lowest BCUT2D eigenvalue weighted by molar-refractivity contribution is 0.726. The quantitative estimate of drug-likeness (QED) is 0.612. The van der Waals surface area contributed by atoms with Crippen molar-refractivity contribution in [2.45, 2.75) is 37.8 Å². The van der Waals surface area contributed by atoms with Gasteiger partial charge in [0.25, 0.3) is 0 Å². The lowest BCUT2D eigenvalue weighted by Gasteiger charge is -2.23. The number of anilines is 1. The van der Waals surface area contributed by atoms with Crippen LogP contribution in [0.5, 0.6) is 0 Å². The first-order chi connectivity index (χ1) is 11.7. The zero-order chi connectivity index (χ0) is 16.9. The summed E-state index contributed by atoms with van der Waals surface area (Å²) in [6.07, 6.45) is 6.80. The first kappa shape index (κ1) is 16.8. The van der Waals surface area contributed by atoms with Crippen molar-refractivity contribution in [1.29, 1.82) is 5.26 Å². The second-order valence-corrected chi connectivity index (χ2v) is 6.91. The second kappa shape index (κ2) is 7.67. The number of benzene rings is 1. The van der Waals surface area contributed by atoms with E-state index < -0.39 is 0 Å². The van der Waals surface area contributed by atoms with Crippen LogP contribution < -0.4 is 4.90 Å². The Balaban J connectivity index is 2.12. The van der Waals surface area contributed by atoms with Gasteiger partial charge in [-0.05, 0) is 26.0 Å². The summed E-state index contributed by atoms with van der Waals surface area (Å²) in [5.74, 6) is 0.800. The van der Waals surface area contributed by atoms with Gasteiger partial charge in [0.05, 0.1) is 5.69 Å². The molecule has 0 saturated carbocycles. The molecule has 0 unspecified atom stereocenters. The van der Waals surface area contributed by atoms with E-state index in [1.165, 1.54) is 30.2 Å².